The van der Waals surface area contributed by atoms with Gasteiger partial charge in [0.2, 0.25) is 0 Å². The number of nitrogens with one attached hydrogen (secondary N) is 1. The molecule has 0 aliphatic rings. The minimum absolute atomic E-state index is 0.0636. The van der Waals surface area contributed by atoms with E-state index in [-0.39, 0.29) is 29.3 Å². The summed E-state index contributed by atoms with van der Waals surface area (Å²) in [6, 6.07) is 22.3. The molecule has 1 amide bonds. The highest BCUT2D eigenvalue weighted by Crippen LogP contribution is 2.30. The molecule has 7 heteroatoms. The van der Waals surface area contributed by atoms with Gasteiger partial charge in [-0.2, -0.15) is 0 Å². The highest BCUT2D eigenvalue weighted by Gasteiger charge is 2.29. The van der Waals surface area contributed by atoms with Crippen LogP contribution in [-0.2, 0) is 16.6 Å². The molecule has 3 aromatic carbocycles. The molecule has 6 nitrogen and oxygen atoms in total. The van der Waals surface area contributed by atoms with Gasteiger partial charge in [-0.25, -0.2) is 8.42 Å². The van der Waals surface area contributed by atoms with Gasteiger partial charge in [0.15, 0.2) is 0 Å². The molecular formula is C26H30N2O4S. The van der Waals surface area contributed by atoms with Gasteiger partial charge in [0.05, 0.1) is 29.8 Å². The van der Waals surface area contributed by atoms with Crippen molar-refractivity contribution in [1.29, 1.82) is 0 Å². The monoisotopic (exact) mass is 466 g/mol. The lowest BCUT2D eigenvalue weighted by molar-refractivity contribution is 0.0931. The minimum atomic E-state index is -3.98. The van der Waals surface area contributed by atoms with Gasteiger partial charge in [-0.1, -0.05) is 56.3 Å². The van der Waals surface area contributed by atoms with Crippen molar-refractivity contribution in [2.24, 2.45) is 5.92 Å². The predicted molar refractivity (Wildman–Crippen MR) is 131 cm³/mol. The molecule has 33 heavy (non-hydrogen) atoms. The molecule has 0 saturated carbocycles. The summed E-state index contributed by atoms with van der Waals surface area (Å²) in [5.74, 6) is 0.491. The summed E-state index contributed by atoms with van der Waals surface area (Å²) in [6.45, 7) is 6.06. The number of hydrogen-bond donors (Lipinski definition) is 1. The van der Waals surface area contributed by atoms with Crippen molar-refractivity contribution < 1.29 is 17.9 Å². The highest BCUT2D eigenvalue weighted by atomic mass is 32.2. The van der Waals surface area contributed by atoms with Crippen molar-refractivity contribution in [3.05, 3.63) is 90.0 Å². The first-order valence-corrected chi connectivity index (χ1v) is 12.3. The highest BCUT2D eigenvalue weighted by molar-refractivity contribution is 7.92. The summed E-state index contributed by atoms with van der Waals surface area (Å²) < 4.78 is 34.0. The van der Waals surface area contributed by atoms with Crippen molar-refractivity contribution in [2.75, 3.05) is 11.4 Å². The molecule has 0 spiro atoms. The molecule has 1 atom stereocenters. The summed E-state index contributed by atoms with van der Waals surface area (Å²) in [7, 11) is -2.45. The van der Waals surface area contributed by atoms with Gasteiger partial charge >= 0.3 is 0 Å². The smallest absolute Gasteiger partial charge is 0.264 e. The van der Waals surface area contributed by atoms with Crippen molar-refractivity contribution in [3.63, 3.8) is 0 Å². The van der Waals surface area contributed by atoms with E-state index < -0.39 is 10.0 Å². The number of methoxy groups -OCH3 is 1. The van der Waals surface area contributed by atoms with Gasteiger partial charge in [-0.05, 0) is 54.8 Å². The molecule has 1 N–H and O–H groups in total. The van der Waals surface area contributed by atoms with E-state index in [0.29, 0.717) is 17.0 Å². The maximum absolute atomic E-state index is 13.8. The fourth-order valence-electron chi connectivity index (χ4n) is 3.26. The van der Waals surface area contributed by atoms with Gasteiger partial charge in [0, 0.05) is 6.04 Å². The standard InChI is InChI=1S/C26H30N2O4S/c1-19(2)20(3)27-26(29)24-12-8-9-13-25(24)28(18-21-10-6-5-7-11-21)33(30,31)23-16-14-22(32-4)15-17-23/h5-17,19-20H,18H2,1-4H3,(H,27,29)/t20-/m1/s1. The van der Waals surface area contributed by atoms with Crippen LogP contribution >= 0.6 is 0 Å². The van der Waals surface area contributed by atoms with Crippen LogP contribution in [0.1, 0.15) is 36.7 Å². The third-order valence-corrected chi connectivity index (χ3v) is 7.37. The maximum atomic E-state index is 13.8. The maximum Gasteiger partial charge on any atom is 0.264 e. The number of para-hydroxylation sites is 1. The summed E-state index contributed by atoms with van der Waals surface area (Å²) in [6.07, 6.45) is 0. The molecule has 3 aromatic rings. The van der Waals surface area contributed by atoms with Gasteiger partial charge in [-0.3, -0.25) is 9.10 Å². The Morgan fingerprint density at radius 3 is 2.12 bits per heavy atom. The van der Waals surface area contributed by atoms with Gasteiger partial charge in [0.25, 0.3) is 15.9 Å². The largest absolute Gasteiger partial charge is 0.497 e. The normalized spacial score (nSPS) is 12.3. The number of benzene rings is 3. The second-order valence-corrected chi connectivity index (χ2v) is 10.1. The molecule has 0 radical (unpaired) electrons. The second kappa shape index (κ2) is 10.5. The number of hydrogen-bond acceptors (Lipinski definition) is 4. The Hall–Kier alpha value is -3.32. The molecule has 0 aliphatic heterocycles. The summed E-state index contributed by atoms with van der Waals surface area (Å²) in [4.78, 5) is 13.3. The summed E-state index contributed by atoms with van der Waals surface area (Å²) in [5.41, 5.74) is 1.43. The van der Waals surface area contributed by atoms with Gasteiger partial charge < -0.3 is 10.1 Å². The lowest BCUT2D eigenvalue weighted by atomic mass is 10.1. The van der Waals surface area contributed by atoms with Gasteiger partial charge in [0.1, 0.15) is 5.75 Å². The van der Waals surface area contributed by atoms with Gasteiger partial charge in [-0.15, -0.1) is 0 Å². The Morgan fingerprint density at radius 2 is 1.52 bits per heavy atom. The first-order valence-electron chi connectivity index (χ1n) is 10.8. The zero-order valence-electron chi connectivity index (χ0n) is 19.4. The Kier molecular flexibility index (Phi) is 7.76. The van der Waals surface area contributed by atoms with E-state index in [9.17, 15) is 13.2 Å². The van der Waals surface area contributed by atoms with Crippen LogP contribution in [0.3, 0.4) is 0 Å². The van der Waals surface area contributed by atoms with E-state index in [1.54, 1.807) is 36.4 Å². The quantitative estimate of drug-likeness (QED) is 0.488. The predicted octanol–water partition coefficient (Wildman–Crippen LogP) is 4.87. The number of amides is 1. The SMILES string of the molecule is COc1ccc(S(=O)(=O)N(Cc2ccccc2)c2ccccc2C(=O)N[C@H](C)C(C)C)cc1. The number of ether oxygens (including phenoxy) is 1. The molecule has 0 unspecified atom stereocenters. The molecule has 0 aliphatic carbocycles. The molecule has 3 rings (SSSR count). The fourth-order valence-corrected chi connectivity index (χ4v) is 4.73. The second-order valence-electron chi connectivity index (χ2n) is 8.20. The average Bonchev–Trinajstić information content (AvgIpc) is 2.83. The topological polar surface area (TPSA) is 75.7 Å². The molecule has 0 saturated heterocycles. The fraction of sp³-hybridized carbons (Fsp3) is 0.269. The Labute approximate surface area is 196 Å². The van der Waals surface area contributed by atoms with Crippen molar-refractivity contribution in [1.82, 2.24) is 5.32 Å². The Bertz CT molecular complexity index is 1180. The van der Waals surface area contributed by atoms with E-state index in [1.807, 2.05) is 51.1 Å². The number of carbonyl (C=O) groups is 1. The van der Waals surface area contributed by atoms with Crippen LogP contribution in [-0.4, -0.2) is 27.5 Å². The third kappa shape index (κ3) is 5.73. The molecule has 0 bridgehead atoms. The lowest BCUT2D eigenvalue weighted by Gasteiger charge is -2.27. The summed E-state index contributed by atoms with van der Waals surface area (Å²) >= 11 is 0. The van der Waals surface area contributed by atoms with Crippen LogP contribution < -0.4 is 14.4 Å². The molecule has 0 heterocycles. The Morgan fingerprint density at radius 1 is 0.909 bits per heavy atom. The number of anilines is 1. The van der Waals surface area contributed by atoms with E-state index >= 15 is 0 Å². The molecule has 0 fully saturated rings. The Balaban J connectivity index is 2.10. The molecular weight excluding hydrogens is 436 g/mol. The van der Waals surface area contributed by atoms with E-state index in [2.05, 4.69) is 5.32 Å². The first kappa shape index (κ1) is 24.3. The van der Waals surface area contributed by atoms with Crippen LogP contribution in [0.25, 0.3) is 0 Å². The van der Waals surface area contributed by atoms with Crippen LogP contribution in [0.2, 0.25) is 0 Å². The van der Waals surface area contributed by atoms with Crippen molar-refractivity contribution >= 4 is 21.6 Å². The van der Waals surface area contributed by atoms with Crippen LogP contribution in [0.5, 0.6) is 5.75 Å². The van der Waals surface area contributed by atoms with Crippen molar-refractivity contribution in [2.45, 2.75) is 38.3 Å². The van der Waals surface area contributed by atoms with Crippen LogP contribution in [0, 0.1) is 5.92 Å². The van der Waals surface area contributed by atoms with E-state index in [0.717, 1.165) is 5.56 Å². The van der Waals surface area contributed by atoms with E-state index in [1.165, 1.54) is 23.5 Å². The first-order chi connectivity index (χ1) is 15.7. The average molecular weight is 467 g/mol. The number of rotatable bonds is 9. The zero-order chi connectivity index (χ0) is 24.0. The molecule has 174 valence electrons. The van der Waals surface area contributed by atoms with Crippen LogP contribution in [0.4, 0.5) is 5.69 Å². The van der Waals surface area contributed by atoms with Crippen LogP contribution in [0.15, 0.2) is 83.8 Å². The summed E-state index contributed by atoms with van der Waals surface area (Å²) in [5, 5.41) is 2.98. The number of carbonyl (C=O) groups excluding carboxylic acids is 1. The lowest BCUT2D eigenvalue weighted by Crippen LogP contribution is -2.38. The molecule has 0 aromatic heterocycles. The minimum Gasteiger partial charge on any atom is -0.497 e. The number of nitrogens with zero attached hydrogens (tertiary/aromatic N) is 1. The zero-order valence-corrected chi connectivity index (χ0v) is 20.2. The van der Waals surface area contributed by atoms with Crippen molar-refractivity contribution in [3.8, 4) is 5.75 Å². The third-order valence-electron chi connectivity index (χ3n) is 5.59. The number of sulfonamides is 1. The van der Waals surface area contributed by atoms with E-state index in [4.69, 9.17) is 4.74 Å².